The summed E-state index contributed by atoms with van der Waals surface area (Å²) in [6.07, 6.45) is 8.84. The molecule has 1 aliphatic carbocycles. The summed E-state index contributed by atoms with van der Waals surface area (Å²) in [4.78, 5) is 15.5. The van der Waals surface area contributed by atoms with Crippen molar-refractivity contribution in [3.05, 3.63) is 30.3 Å². The first-order valence-electron chi connectivity index (χ1n) is 10.0. The lowest BCUT2D eigenvalue weighted by molar-refractivity contribution is -0.123. The maximum atomic E-state index is 13.4. The van der Waals surface area contributed by atoms with Gasteiger partial charge in [-0.3, -0.25) is 4.79 Å². The van der Waals surface area contributed by atoms with Crippen LogP contribution in [0.5, 0.6) is 0 Å². The van der Waals surface area contributed by atoms with Crippen LogP contribution in [0.15, 0.2) is 30.3 Å². The van der Waals surface area contributed by atoms with Crippen LogP contribution in [-0.2, 0) is 9.53 Å². The highest BCUT2D eigenvalue weighted by Crippen LogP contribution is 2.38. The standard InChI is InChI=1S/C21H30N2O2/c24-20(17-7-3-1-4-8-17)23(18-9-5-2-6-10-18)19-15-21(25-16-19)11-13-22-14-12-21/h2,5-6,9-10,17,19,22H,1,3-4,7-8,11-16H2/t19-/m1/s1. The predicted molar refractivity (Wildman–Crippen MR) is 99.7 cm³/mol. The summed E-state index contributed by atoms with van der Waals surface area (Å²) in [5, 5.41) is 3.43. The molecule has 136 valence electrons. The largest absolute Gasteiger partial charge is 0.373 e. The molecule has 0 bridgehead atoms. The minimum atomic E-state index is -0.0181. The number of para-hydroxylation sites is 1. The van der Waals surface area contributed by atoms with Crippen LogP contribution < -0.4 is 10.2 Å². The Hall–Kier alpha value is -1.39. The van der Waals surface area contributed by atoms with Gasteiger partial charge >= 0.3 is 0 Å². The molecular weight excluding hydrogens is 312 g/mol. The van der Waals surface area contributed by atoms with Gasteiger partial charge in [-0.2, -0.15) is 0 Å². The molecule has 4 rings (SSSR count). The fourth-order valence-corrected chi connectivity index (χ4v) is 4.87. The normalized spacial score (nSPS) is 26.6. The molecule has 1 aromatic rings. The van der Waals surface area contributed by atoms with Crippen LogP contribution in [-0.4, -0.2) is 37.2 Å². The smallest absolute Gasteiger partial charge is 0.230 e. The van der Waals surface area contributed by atoms with E-state index < -0.39 is 0 Å². The van der Waals surface area contributed by atoms with Gasteiger partial charge in [-0.1, -0.05) is 37.5 Å². The summed E-state index contributed by atoms with van der Waals surface area (Å²) in [5.74, 6) is 0.518. The fraction of sp³-hybridized carbons (Fsp3) is 0.667. The van der Waals surface area contributed by atoms with Crippen molar-refractivity contribution in [1.82, 2.24) is 5.32 Å². The average molecular weight is 342 g/mol. The van der Waals surface area contributed by atoms with Crippen LogP contribution in [0.1, 0.15) is 51.4 Å². The highest BCUT2D eigenvalue weighted by molar-refractivity contribution is 5.95. The average Bonchev–Trinajstić information content (AvgIpc) is 3.07. The minimum absolute atomic E-state index is 0.0181. The molecule has 0 aromatic heterocycles. The molecule has 3 fully saturated rings. The summed E-state index contributed by atoms with van der Waals surface area (Å²) < 4.78 is 6.30. The van der Waals surface area contributed by atoms with Gasteiger partial charge in [0.05, 0.1) is 18.2 Å². The lowest BCUT2D eigenvalue weighted by atomic mass is 9.85. The van der Waals surface area contributed by atoms with Gasteiger partial charge in [-0.05, 0) is 57.3 Å². The van der Waals surface area contributed by atoms with E-state index in [1.54, 1.807) is 0 Å². The number of hydrogen-bond acceptors (Lipinski definition) is 3. The first-order chi connectivity index (χ1) is 12.3. The third kappa shape index (κ3) is 3.61. The van der Waals surface area contributed by atoms with E-state index in [2.05, 4.69) is 22.3 Å². The van der Waals surface area contributed by atoms with Crippen LogP contribution in [0.2, 0.25) is 0 Å². The molecule has 1 atom stereocenters. The number of nitrogens with zero attached hydrogens (tertiary/aromatic N) is 1. The zero-order chi connectivity index (χ0) is 17.1. The van der Waals surface area contributed by atoms with Gasteiger partial charge in [0.15, 0.2) is 0 Å². The van der Waals surface area contributed by atoms with Gasteiger partial charge in [0.25, 0.3) is 0 Å². The lowest BCUT2D eigenvalue weighted by Gasteiger charge is -2.35. The second-order valence-corrected chi connectivity index (χ2v) is 7.98. The van der Waals surface area contributed by atoms with E-state index in [0.717, 1.165) is 50.9 Å². The topological polar surface area (TPSA) is 41.6 Å². The van der Waals surface area contributed by atoms with Crippen LogP contribution in [0.4, 0.5) is 5.69 Å². The number of rotatable bonds is 3. The molecule has 4 nitrogen and oxygen atoms in total. The number of ether oxygens (including phenoxy) is 1. The highest BCUT2D eigenvalue weighted by atomic mass is 16.5. The van der Waals surface area contributed by atoms with E-state index >= 15 is 0 Å². The molecule has 1 spiro atoms. The SMILES string of the molecule is O=C(C1CCCCC1)N(c1ccccc1)[C@H]1COC2(CCNCC2)C1. The van der Waals surface area contributed by atoms with Crippen LogP contribution in [0, 0.1) is 5.92 Å². The molecule has 1 amide bonds. The second kappa shape index (κ2) is 7.46. The minimum Gasteiger partial charge on any atom is -0.373 e. The Morgan fingerprint density at radius 2 is 1.80 bits per heavy atom. The van der Waals surface area contributed by atoms with Gasteiger partial charge in [-0.25, -0.2) is 0 Å². The molecule has 4 heteroatoms. The van der Waals surface area contributed by atoms with E-state index in [0.29, 0.717) is 12.5 Å². The summed E-state index contributed by atoms with van der Waals surface area (Å²) in [7, 11) is 0. The van der Waals surface area contributed by atoms with Crippen LogP contribution in [0.3, 0.4) is 0 Å². The molecule has 3 aliphatic rings. The number of carbonyl (C=O) groups is 1. The first-order valence-corrected chi connectivity index (χ1v) is 10.0. The number of carbonyl (C=O) groups excluding carboxylic acids is 1. The van der Waals surface area contributed by atoms with Gasteiger partial charge in [0.1, 0.15) is 0 Å². The molecular formula is C21H30N2O2. The maximum absolute atomic E-state index is 13.4. The van der Waals surface area contributed by atoms with Crippen molar-refractivity contribution in [2.45, 2.75) is 63.0 Å². The monoisotopic (exact) mass is 342 g/mol. The molecule has 1 N–H and O–H groups in total. The van der Waals surface area contributed by atoms with Gasteiger partial charge < -0.3 is 15.0 Å². The Morgan fingerprint density at radius 1 is 1.08 bits per heavy atom. The molecule has 1 saturated carbocycles. The zero-order valence-corrected chi connectivity index (χ0v) is 15.1. The van der Waals surface area contributed by atoms with E-state index in [1.165, 1.54) is 19.3 Å². The van der Waals surface area contributed by atoms with Gasteiger partial charge in [0, 0.05) is 11.6 Å². The van der Waals surface area contributed by atoms with Crippen molar-refractivity contribution in [1.29, 1.82) is 0 Å². The third-order valence-corrected chi connectivity index (χ3v) is 6.30. The van der Waals surface area contributed by atoms with Gasteiger partial charge in [0.2, 0.25) is 5.91 Å². The molecule has 25 heavy (non-hydrogen) atoms. The Morgan fingerprint density at radius 3 is 2.52 bits per heavy atom. The molecule has 0 radical (unpaired) electrons. The molecule has 0 unspecified atom stereocenters. The lowest BCUT2D eigenvalue weighted by Crippen LogP contribution is -2.46. The maximum Gasteiger partial charge on any atom is 0.230 e. The fourth-order valence-electron chi connectivity index (χ4n) is 4.87. The third-order valence-electron chi connectivity index (χ3n) is 6.30. The number of amides is 1. The quantitative estimate of drug-likeness (QED) is 0.914. The van der Waals surface area contributed by atoms with E-state index in [9.17, 15) is 4.79 Å². The summed E-state index contributed by atoms with van der Waals surface area (Å²) in [6.45, 7) is 2.72. The van der Waals surface area contributed by atoms with Crippen molar-refractivity contribution in [3.63, 3.8) is 0 Å². The highest BCUT2D eigenvalue weighted by Gasteiger charge is 2.45. The van der Waals surface area contributed by atoms with Crippen molar-refractivity contribution in [2.75, 3.05) is 24.6 Å². The van der Waals surface area contributed by atoms with Crippen LogP contribution >= 0.6 is 0 Å². The Kier molecular flexibility index (Phi) is 5.09. The predicted octanol–water partition coefficient (Wildman–Crippen LogP) is 3.51. The Bertz CT molecular complexity index is 577. The summed E-state index contributed by atoms with van der Waals surface area (Å²) in [6, 6.07) is 10.4. The number of hydrogen-bond donors (Lipinski definition) is 1. The van der Waals surface area contributed by atoms with Crippen molar-refractivity contribution >= 4 is 11.6 Å². The second-order valence-electron chi connectivity index (χ2n) is 7.98. The molecule has 2 heterocycles. The number of benzene rings is 1. The van der Waals surface area contributed by atoms with Crippen molar-refractivity contribution < 1.29 is 9.53 Å². The zero-order valence-electron chi connectivity index (χ0n) is 15.1. The molecule has 1 aromatic carbocycles. The van der Waals surface area contributed by atoms with E-state index in [-0.39, 0.29) is 17.6 Å². The van der Waals surface area contributed by atoms with E-state index in [1.807, 2.05) is 18.2 Å². The van der Waals surface area contributed by atoms with Gasteiger partial charge in [-0.15, -0.1) is 0 Å². The molecule has 2 aliphatic heterocycles. The summed E-state index contributed by atoms with van der Waals surface area (Å²) >= 11 is 0. The van der Waals surface area contributed by atoms with Crippen LogP contribution in [0.25, 0.3) is 0 Å². The van der Waals surface area contributed by atoms with E-state index in [4.69, 9.17) is 4.74 Å². The number of piperidine rings is 1. The molecule has 2 saturated heterocycles. The number of anilines is 1. The number of nitrogens with one attached hydrogen (secondary N) is 1. The Labute approximate surface area is 150 Å². The summed E-state index contributed by atoms with van der Waals surface area (Å²) in [5.41, 5.74) is 1.02. The van der Waals surface area contributed by atoms with Crippen molar-refractivity contribution in [2.24, 2.45) is 5.92 Å². The van der Waals surface area contributed by atoms with Crippen molar-refractivity contribution in [3.8, 4) is 0 Å². The first kappa shape index (κ1) is 17.0. The Balaban J connectivity index is 1.56.